The Kier molecular flexibility index (Phi) is 5.61. The molecule has 0 N–H and O–H groups in total. The molecule has 138 valence electrons. The van der Waals surface area contributed by atoms with Crippen molar-refractivity contribution in [3.05, 3.63) is 69.2 Å². The van der Waals surface area contributed by atoms with Crippen LogP contribution in [0.3, 0.4) is 0 Å². The van der Waals surface area contributed by atoms with Crippen molar-refractivity contribution < 1.29 is 4.79 Å². The smallest absolute Gasteiger partial charge is 0.228 e. The third-order valence-corrected chi connectivity index (χ3v) is 6.11. The van der Waals surface area contributed by atoms with Crippen LogP contribution in [0.4, 0.5) is 0 Å². The summed E-state index contributed by atoms with van der Waals surface area (Å²) in [6.07, 6.45) is 2.01. The summed E-state index contributed by atoms with van der Waals surface area (Å²) in [5.41, 5.74) is 3.00. The first-order chi connectivity index (χ1) is 12.4. The molecule has 1 heterocycles. The molecule has 5 heteroatoms. The van der Waals surface area contributed by atoms with Gasteiger partial charge in [-0.15, -0.1) is 0 Å². The van der Waals surface area contributed by atoms with Crippen molar-refractivity contribution in [1.82, 2.24) is 9.80 Å². The zero-order chi connectivity index (χ0) is 18.9. The van der Waals surface area contributed by atoms with E-state index < -0.39 is 5.66 Å². The van der Waals surface area contributed by atoms with E-state index in [-0.39, 0.29) is 5.91 Å². The van der Waals surface area contributed by atoms with Crippen molar-refractivity contribution in [2.75, 3.05) is 20.6 Å². The van der Waals surface area contributed by atoms with Gasteiger partial charge in [-0.3, -0.25) is 9.69 Å². The molecule has 0 spiro atoms. The zero-order valence-electron chi connectivity index (χ0n) is 15.4. The van der Waals surface area contributed by atoms with E-state index in [9.17, 15) is 4.79 Å². The van der Waals surface area contributed by atoms with Gasteiger partial charge in [0.15, 0.2) is 0 Å². The Morgan fingerprint density at radius 3 is 2.54 bits per heavy atom. The van der Waals surface area contributed by atoms with Gasteiger partial charge >= 0.3 is 0 Å². The second-order valence-corrected chi connectivity index (χ2v) is 7.76. The first kappa shape index (κ1) is 19.2. The summed E-state index contributed by atoms with van der Waals surface area (Å²) < 4.78 is 0. The quantitative estimate of drug-likeness (QED) is 0.751. The van der Waals surface area contributed by atoms with Crippen molar-refractivity contribution in [2.45, 2.75) is 31.8 Å². The maximum atomic E-state index is 13.3. The minimum atomic E-state index is -0.428. The van der Waals surface area contributed by atoms with Crippen LogP contribution in [0.2, 0.25) is 10.0 Å². The van der Waals surface area contributed by atoms with Gasteiger partial charge in [-0.05, 0) is 55.8 Å². The largest absolute Gasteiger partial charge is 0.319 e. The van der Waals surface area contributed by atoms with Gasteiger partial charge in [-0.2, -0.15) is 0 Å². The third-order valence-electron chi connectivity index (χ3n) is 5.37. The highest BCUT2D eigenvalue weighted by atomic mass is 35.5. The Labute approximate surface area is 165 Å². The molecule has 0 bridgehead atoms. The maximum absolute atomic E-state index is 13.3. The lowest BCUT2D eigenvalue weighted by molar-refractivity contribution is -0.148. The predicted octanol–water partition coefficient (Wildman–Crippen LogP) is 4.75. The fraction of sp³-hybridized carbons (Fsp3) is 0.381. The van der Waals surface area contributed by atoms with Crippen molar-refractivity contribution in [1.29, 1.82) is 0 Å². The summed E-state index contributed by atoms with van der Waals surface area (Å²) in [4.78, 5) is 17.5. The van der Waals surface area contributed by atoms with Gasteiger partial charge in [0.2, 0.25) is 5.91 Å². The first-order valence-electron chi connectivity index (χ1n) is 8.90. The normalized spacial score (nSPS) is 19.5. The van der Waals surface area contributed by atoms with E-state index in [4.69, 9.17) is 23.2 Å². The van der Waals surface area contributed by atoms with Gasteiger partial charge in [0.25, 0.3) is 0 Å². The maximum Gasteiger partial charge on any atom is 0.228 e. The molecular formula is C21H24Cl2N2O. The number of hydrogen-bond donors (Lipinski definition) is 0. The number of carbonyl (C=O) groups is 1. The number of fused-ring (bicyclic) bond motifs is 1. The van der Waals surface area contributed by atoms with Crippen molar-refractivity contribution in [3.8, 4) is 0 Å². The fourth-order valence-electron chi connectivity index (χ4n) is 4.12. The van der Waals surface area contributed by atoms with E-state index in [1.165, 1.54) is 11.1 Å². The van der Waals surface area contributed by atoms with E-state index in [2.05, 4.69) is 36.1 Å². The summed E-state index contributed by atoms with van der Waals surface area (Å²) >= 11 is 12.1. The molecule has 2 aromatic rings. The van der Waals surface area contributed by atoms with E-state index in [0.717, 1.165) is 18.4 Å². The molecule has 0 aliphatic carbocycles. The molecule has 1 aliphatic rings. The van der Waals surface area contributed by atoms with Crippen LogP contribution in [-0.4, -0.2) is 36.3 Å². The minimum Gasteiger partial charge on any atom is -0.319 e. The summed E-state index contributed by atoms with van der Waals surface area (Å²) in [6.45, 7) is 2.85. The highest BCUT2D eigenvalue weighted by molar-refractivity contribution is 6.42. The summed E-state index contributed by atoms with van der Waals surface area (Å²) in [5.74, 6) is 0.105. The van der Waals surface area contributed by atoms with Gasteiger partial charge in [0.05, 0.1) is 16.5 Å². The molecular weight excluding hydrogens is 367 g/mol. The Morgan fingerprint density at radius 2 is 1.88 bits per heavy atom. The van der Waals surface area contributed by atoms with E-state index in [1.807, 2.05) is 25.1 Å². The Morgan fingerprint density at radius 1 is 1.15 bits per heavy atom. The highest BCUT2D eigenvalue weighted by Crippen LogP contribution is 2.40. The first-order valence-corrected chi connectivity index (χ1v) is 9.66. The fourth-order valence-corrected chi connectivity index (χ4v) is 4.44. The van der Waals surface area contributed by atoms with Crippen LogP contribution in [0.1, 0.15) is 30.0 Å². The van der Waals surface area contributed by atoms with Crippen LogP contribution < -0.4 is 0 Å². The predicted molar refractivity (Wildman–Crippen MR) is 108 cm³/mol. The molecule has 0 saturated carbocycles. The van der Waals surface area contributed by atoms with Crippen LogP contribution in [0, 0.1) is 0 Å². The average molecular weight is 391 g/mol. The number of amides is 1. The standard InChI is InChI=1S/C21H24Cl2N2O/c1-4-21(24(2)3)17-8-6-5-7-16(17)11-12-25(21)20(26)14-15-9-10-18(22)19(23)13-15/h5-10,13H,4,11-12,14H2,1-3H3. The SMILES string of the molecule is CCC1(N(C)C)c2ccccc2CCN1C(=O)Cc1ccc(Cl)c(Cl)c1. The molecule has 3 nitrogen and oxygen atoms in total. The van der Waals surface area contributed by atoms with Crippen LogP contribution in [0.15, 0.2) is 42.5 Å². The Hall–Kier alpha value is -1.55. The molecule has 0 fully saturated rings. The molecule has 0 saturated heterocycles. The number of hydrogen-bond acceptors (Lipinski definition) is 2. The van der Waals surface area contributed by atoms with Gasteiger partial charge in [0.1, 0.15) is 5.66 Å². The van der Waals surface area contributed by atoms with E-state index in [1.54, 1.807) is 12.1 Å². The van der Waals surface area contributed by atoms with Crippen LogP contribution in [0.25, 0.3) is 0 Å². The van der Waals surface area contributed by atoms with E-state index in [0.29, 0.717) is 23.0 Å². The molecule has 26 heavy (non-hydrogen) atoms. The number of carbonyl (C=O) groups excluding carboxylic acids is 1. The van der Waals surface area contributed by atoms with Gasteiger partial charge < -0.3 is 4.90 Å². The number of rotatable bonds is 4. The molecule has 1 amide bonds. The third kappa shape index (κ3) is 3.24. The van der Waals surface area contributed by atoms with Crippen LogP contribution in [-0.2, 0) is 23.3 Å². The molecule has 0 aromatic heterocycles. The summed E-state index contributed by atoms with van der Waals surface area (Å²) in [5, 5.41) is 0.987. The number of halogens is 2. The second-order valence-electron chi connectivity index (χ2n) is 6.94. The summed E-state index contributed by atoms with van der Waals surface area (Å²) in [6, 6.07) is 13.8. The van der Waals surface area contributed by atoms with E-state index >= 15 is 0 Å². The lowest BCUT2D eigenvalue weighted by atomic mass is 9.84. The molecule has 1 unspecified atom stereocenters. The summed E-state index contributed by atoms with van der Waals surface area (Å²) in [7, 11) is 4.09. The number of nitrogens with zero attached hydrogens (tertiary/aromatic N) is 2. The minimum absolute atomic E-state index is 0.105. The Balaban J connectivity index is 1.97. The molecule has 0 radical (unpaired) electrons. The molecule has 3 rings (SSSR count). The van der Waals surface area contributed by atoms with Gasteiger partial charge in [0, 0.05) is 6.54 Å². The highest BCUT2D eigenvalue weighted by Gasteiger charge is 2.45. The lowest BCUT2D eigenvalue weighted by Gasteiger charge is -2.52. The Bertz CT molecular complexity index is 821. The average Bonchev–Trinajstić information content (AvgIpc) is 2.63. The molecule has 1 atom stereocenters. The zero-order valence-corrected chi connectivity index (χ0v) is 16.9. The van der Waals surface area contributed by atoms with Gasteiger partial charge in [-0.25, -0.2) is 0 Å². The van der Waals surface area contributed by atoms with Crippen molar-refractivity contribution in [3.63, 3.8) is 0 Å². The monoisotopic (exact) mass is 390 g/mol. The van der Waals surface area contributed by atoms with Crippen LogP contribution >= 0.6 is 23.2 Å². The lowest BCUT2D eigenvalue weighted by Crippen LogP contribution is -2.60. The topological polar surface area (TPSA) is 23.6 Å². The number of benzene rings is 2. The van der Waals surface area contributed by atoms with Gasteiger partial charge in [-0.1, -0.05) is 60.5 Å². The van der Waals surface area contributed by atoms with Crippen molar-refractivity contribution in [2.24, 2.45) is 0 Å². The molecule has 2 aromatic carbocycles. The molecule has 1 aliphatic heterocycles. The second kappa shape index (κ2) is 7.59. The van der Waals surface area contributed by atoms with Crippen molar-refractivity contribution >= 4 is 29.1 Å². The van der Waals surface area contributed by atoms with Crippen LogP contribution in [0.5, 0.6) is 0 Å².